The second-order valence-electron chi connectivity index (χ2n) is 3.09. The van der Waals surface area contributed by atoms with E-state index in [2.05, 4.69) is 12.1 Å². The van der Waals surface area contributed by atoms with E-state index in [4.69, 9.17) is 4.42 Å². The van der Waals surface area contributed by atoms with Gasteiger partial charge >= 0.3 is 0 Å². The quantitative estimate of drug-likeness (QED) is 0.539. The number of benzene rings is 2. The van der Waals surface area contributed by atoms with E-state index in [0.29, 0.717) is 0 Å². The smallest absolute Gasteiger partial charge is 0.135 e. The molecular weight excluding hydrogens is 196 g/mol. The molecule has 0 aliphatic carbocycles. The van der Waals surface area contributed by atoms with Crippen LogP contribution >= 0.6 is 12.4 Å². The zero-order chi connectivity index (χ0) is 8.67. The molecule has 70 valence electrons. The number of fused-ring (bicyclic) bond motifs is 3. The van der Waals surface area contributed by atoms with Crippen molar-refractivity contribution in [2.75, 3.05) is 0 Å². The van der Waals surface area contributed by atoms with Gasteiger partial charge in [0.2, 0.25) is 0 Å². The molecule has 0 bridgehead atoms. The van der Waals surface area contributed by atoms with Crippen LogP contribution in [0.5, 0.6) is 0 Å². The van der Waals surface area contributed by atoms with Crippen LogP contribution in [0.25, 0.3) is 21.9 Å². The molecule has 2 aromatic carbocycles. The summed E-state index contributed by atoms with van der Waals surface area (Å²) in [5, 5.41) is 2.39. The number of para-hydroxylation sites is 2. The predicted octanol–water partition coefficient (Wildman–Crippen LogP) is 4.01. The summed E-state index contributed by atoms with van der Waals surface area (Å²) in [6.45, 7) is 0. The first-order chi connectivity index (χ1) is 6.45. The molecular formula is C12H9ClO. The Bertz CT molecular complexity index is 518. The van der Waals surface area contributed by atoms with Gasteiger partial charge in [-0.25, -0.2) is 0 Å². The van der Waals surface area contributed by atoms with E-state index in [1.807, 2.05) is 36.4 Å². The summed E-state index contributed by atoms with van der Waals surface area (Å²) in [7, 11) is 0. The Hall–Kier alpha value is -1.47. The normalized spacial score (nSPS) is 10.3. The molecule has 0 fully saturated rings. The molecule has 0 saturated heterocycles. The maximum absolute atomic E-state index is 5.65. The molecule has 0 aliphatic rings. The molecule has 0 spiro atoms. The van der Waals surface area contributed by atoms with Crippen LogP contribution in [0.1, 0.15) is 0 Å². The number of hydrogen-bond acceptors (Lipinski definition) is 1. The highest BCUT2D eigenvalue weighted by Crippen LogP contribution is 2.27. The third-order valence-electron chi connectivity index (χ3n) is 2.28. The van der Waals surface area contributed by atoms with Gasteiger partial charge in [0, 0.05) is 10.8 Å². The first-order valence-electron chi connectivity index (χ1n) is 4.31. The van der Waals surface area contributed by atoms with E-state index in [0.717, 1.165) is 11.2 Å². The molecule has 2 heteroatoms. The Balaban J connectivity index is 0.000000750. The highest BCUT2D eigenvalue weighted by molar-refractivity contribution is 6.04. The van der Waals surface area contributed by atoms with Gasteiger partial charge in [-0.3, -0.25) is 0 Å². The molecule has 0 N–H and O–H groups in total. The summed E-state index contributed by atoms with van der Waals surface area (Å²) in [6.07, 6.45) is 0. The fourth-order valence-electron chi connectivity index (χ4n) is 1.67. The van der Waals surface area contributed by atoms with E-state index in [1.54, 1.807) is 0 Å². The topological polar surface area (TPSA) is 13.1 Å². The van der Waals surface area contributed by atoms with Crippen LogP contribution in [-0.4, -0.2) is 0 Å². The summed E-state index contributed by atoms with van der Waals surface area (Å²) < 4.78 is 5.65. The molecule has 3 aromatic rings. The molecule has 14 heavy (non-hydrogen) atoms. The Morgan fingerprint density at radius 1 is 0.643 bits per heavy atom. The minimum Gasteiger partial charge on any atom is -0.456 e. The van der Waals surface area contributed by atoms with Crippen LogP contribution in [-0.2, 0) is 0 Å². The molecule has 1 aromatic heterocycles. The SMILES string of the molecule is Cl.c1ccc2c(c1)oc1ccccc12. The van der Waals surface area contributed by atoms with Crippen molar-refractivity contribution in [3.05, 3.63) is 48.5 Å². The van der Waals surface area contributed by atoms with Crippen molar-refractivity contribution in [3.63, 3.8) is 0 Å². The van der Waals surface area contributed by atoms with E-state index in [-0.39, 0.29) is 12.4 Å². The highest BCUT2D eigenvalue weighted by Gasteiger charge is 2.02. The summed E-state index contributed by atoms with van der Waals surface area (Å²) in [4.78, 5) is 0. The molecule has 0 atom stereocenters. The summed E-state index contributed by atoms with van der Waals surface area (Å²) in [5.74, 6) is 0. The molecule has 0 radical (unpaired) electrons. The first-order valence-corrected chi connectivity index (χ1v) is 4.31. The lowest BCUT2D eigenvalue weighted by molar-refractivity contribution is 0.669. The lowest BCUT2D eigenvalue weighted by Crippen LogP contribution is -1.62. The van der Waals surface area contributed by atoms with Crippen molar-refractivity contribution in [1.82, 2.24) is 0 Å². The Morgan fingerprint density at radius 2 is 1.07 bits per heavy atom. The van der Waals surface area contributed by atoms with Crippen LogP contribution in [0.3, 0.4) is 0 Å². The average molecular weight is 205 g/mol. The van der Waals surface area contributed by atoms with Crippen molar-refractivity contribution in [3.8, 4) is 0 Å². The average Bonchev–Trinajstić information content (AvgIpc) is 2.56. The highest BCUT2D eigenvalue weighted by atomic mass is 35.5. The second kappa shape index (κ2) is 3.35. The van der Waals surface area contributed by atoms with Gasteiger partial charge in [0.15, 0.2) is 0 Å². The lowest BCUT2D eigenvalue weighted by Gasteiger charge is -1.85. The maximum atomic E-state index is 5.65. The Morgan fingerprint density at radius 3 is 1.57 bits per heavy atom. The van der Waals surface area contributed by atoms with Gasteiger partial charge in [0.1, 0.15) is 11.2 Å². The van der Waals surface area contributed by atoms with Gasteiger partial charge in [0.25, 0.3) is 0 Å². The fourth-order valence-corrected chi connectivity index (χ4v) is 1.67. The van der Waals surface area contributed by atoms with Crippen LogP contribution in [0.4, 0.5) is 0 Å². The largest absolute Gasteiger partial charge is 0.456 e. The van der Waals surface area contributed by atoms with Crippen molar-refractivity contribution in [2.45, 2.75) is 0 Å². The second-order valence-corrected chi connectivity index (χ2v) is 3.09. The Kier molecular flexibility index (Phi) is 2.18. The van der Waals surface area contributed by atoms with Gasteiger partial charge in [-0.1, -0.05) is 36.4 Å². The van der Waals surface area contributed by atoms with E-state index < -0.39 is 0 Å². The number of halogens is 1. The molecule has 0 amide bonds. The van der Waals surface area contributed by atoms with Gasteiger partial charge < -0.3 is 4.42 Å². The molecule has 1 heterocycles. The Labute approximate surface area is 87.7 Å². The van der Waals surface area contributed by atoms with Crippen LogP contribution in [0.2, 0.25) is 0 Å². The summed E-state index contributed by atoms with van der Waals surface area (Å²) in [5.41, 5.74) is 1.92. The predicted molar refractivity (Wildman–Crippen MR) is 61.0 cm³/mol. The first kappa shape index (κ1) is 9.10. The molecule has 1 nitrogen and oxygen atoms in total. The summed E-state index contributed by atoms with van der Waals surface area (Å²) >= 11 is 0. The summed E-state index contributed by atoms with van der Waals surface area (Å²) in [6, 6.07) is 16.2. The molecule has 0 unspecified atom stereocenters. The number of hydrogen-bond donors (Lipinski definition) is 0. The lowest BCUT2D eigenvalue weighted by atomic mass is 10.2. The third kappa shape index (κ3) is 1.17. The standard InChI is InChI=1S/C12H8O.ClH/c1-3-7-11-9(5-1)10-6-2-4-8-12(10)13-11;/h1-8H;1H. The number of furan rings is 1. The monoisotopic (exact) mass is 204 g/mol. The maximum Gasteiger partial charge on any atom is 0.135 e. The minimum atomic E-state index is 0. The van der Waals surface area contributed by atoms with Gasteiger partial charge in [0.05, 0.1) is 0 Å². The van der Waals surface area contributed by atoms with E-state index in [1.165, 1.54) is 10.8 Å². The zero-order valence-electron chi connectivity index (χ0n) is 7.44. The van der Waals surface area contributed by atoms with Crippen molar-refractivity contribution in [1.29, 1.82) is 0 Å². The molecule has 0 aliphatic heterocycles. The molecule has 0 saturated carbocycles. The fraction of sp³-hybridized carbons (Fsp3) is 0. The van der Waals surface area contributed by atoms with E-state index in [9.17, 15) is 0 Å². The zero-order valence-corrected chi connectivity index (χ0v) is 8.25. The minimum absolute atomic E-state index is 0. The van der Waals surface area contributed by atoms with Crippen molar-refractivity contribution >= 4 is 34.3 Å². The van der Waals surface area contributed by atoms with Crippen molar-refractivity contribution < 1.29 is 4.42 Å². The van der Waals surface area contributed by atoms with Crippen LogP contribution < -0.4 is 0 Å². The molecule has 3 rings (SSSR count). The van der Waals surface area contributed by atoms with Gasteiger partial charge in [-0.2, -0.15) is 0 Å². The van der Waals surface area contributed by atoms with Gasteiger partial charge in [-0.15, -0.1) is 12.4 Å². The van der Waals surface area contributed by atoms with Crippen molar-refractivity contribution in [2.24, 2.45) is 0 Å². The third-order valence-corrected chi connectivity index (χ3v) is 2.28. The van der Waals surface area contributed by atoms with E-state index >= 15 is 0 Å². The van der Waals surface area contributed by atoms with Crippen LogP contribution in [0.15, 0.2) is 52.9 Å². The number of rotatable bonds is 0. The van der Waals surface area contributed by atoms with Gasteiger partial charge in [-0.05, 0) is 12.1 Å². The van der Waals surface area contributed by atoms with Crippen LogP contribution in [0, 0.1) is 0 Å².